The molecule has 7 heteroatoms. The van der Waals surface area contributed by atoms with Gasteiger partial charge in [-0.2, -0.15) is 0 Å². The van der Waals surface area contributed by atoms with Gasteiger partial charge in [-0.3, -0.25) is 9.59 Å². The zero-order chi connectivity index (χ0) is 20.3. The number of Topliss-reactive ketones (excluding diaryl/α,β-unsaturated/α-hetero) is 2. The summed E-state index contributed by atoms with van der Waals surface area (Å²) in [5.41, 5.74) is -2.34. The first kappa shape index (κ1) is 17.2. The van der Waals surface area contributed by atoms with Crippen LogP contribution < -0.4 is 10.4 Å². The van der Waals surface area contributed by atoms with Crippen molar-refractivity contribution in [3.63, 3.8) is 0 Å². The van der Waals surface area contributed by atoms with E-state index in [9.17, 15) is 19.8 Å². The Morgan fingerprint density at radius 3 is 2.54 bits per heavy atom. The van der Waals surface area contributed by atoms with Crippen molar-refractivity contribution in [2.45, 2.75) is 46.3 Å². The number of ether oxygens (including phenoxy) is 1. The highest BCUT2D eigenvalue weighted by atomic mass is 16.5. The second-order valence-electron chi connectivity index (χ2n) is 8.30. The van der Waals surface area contributed by atoms with Gasteiger partial charge in [0.2, 0.25) is 11.6 Å². The Labute approximate surface area is 160 Å². The van der Waals surface area contributed by atoms with Gasteiger partial charge >= 0.3 is 0 Å². The number of rotatable bonds is 0. The van der Waals surface area contributed by atoms with Gasteiger partial charge in [0.1, 0.15) is 17.6 Å². The molecule has 0 amide bonds. The van der Waals surface area contributed by atoms with Gasteiger partial charge in [-0.1, -0.05) is 13.8 Å². The maximum absolute atomic E-state index is 13.6. The van der Waals surface area contributed by atoms with Crippen molar-refractivity contribution in [2.75, 3.05) is 0 Å². The fraction of sp³-hybridized carbons (Fsp3) is 0.381. The molecule has 2 atom stereocenters. The number of aryl methyl sites for hydroxylation is 2. The average molecular weight is 381 g/mol. The van der Waals surface area contributed by atoms with Crippen LogP contribution in [0.5, 0.6) is 5.75 Å². The fourth-order valence-corrected chi connectivity index (χ4v) is 4.58. The maximum atomic E-state index is 13.6. The second-order valence-corrected chi connectivity index (χ2v) is 8.30. The molecule has 5 rings (SSSR count). The van der Waals surface area contributed by atoms with E-state index in [0.29, 0.717) is 10.8 Å². The standard InChI is InChI=1S/C21H19NO6/c1-7-6-10(23)12-13-11(7)19-21(26,20(4,5)8(2)27-19)18(25)14(13)16(24)15-17(12)28-9(3)22-15/h6,8,23,26H,1-5H3/t8-,21+/m0/s1. The predicted molar refractivity (Wildman–Crippen MR) is 97.8 cm³/mol. The highest BCUT2D eigenvalue weighted by Crippen LogP contribution is 2.52. The lowest BCUT2D eigenvalue weighted by molar-refractivity contribution is -0.134. The zero-order valence-electron chi connectivity index (χ0n) is 16.1. The smallest absolute Gasteiger partial charge is 0.219 e. The van der Waals surface area contributed by atoms with Gasteiger partial charge in [0.25, 0.3) is 0 Å². The average Bonchev–Trinajstić information content (AvgIpc) is 3.07. The van der Waals surface area contributed by atoms with Crippen molar-refractivity contribution in [1.29, 1.82) is 0 Å². The van der Waals surface area contributed by atoms with E-state index in [0.717, 1.165) is 0 Å². The molecule has 2 aliphatic carbocycles. The van der Waals surface area contributed by atoms with E-state index in [1.807, 2.05) is 0 Å². The summed E-state index contributed by atoms with van der Waals surface area (Å²) >= 11 is 0. The number of ketones is 2. The van der Waals surface area contributed by atoms with E-state index in [4.69, 9.17) is 9.15 Å². The van der Waals surface area contributed by atoms with Gasteiger partial charge in [-0.05, 0) is 25.5 Å². The molecule has 1 fully saturated rings. The summed E-state index contributed by atoms with van der Waals surface area (Å²) in [6, 6.07) is 1.52. The number of fused-ring (bicyclic) bond motifs is 3. The molecule has 0 radical (unpaired) electrons. The lowest BCUT2D eigenvalue weighted by Crippen LogP contribution is -2.59. The summed E-state index contributed by atoms with van der Waals surface area (Å²) in [5.74, 6) is -0.965. The normalized spacial score (nSPS) is 26.7. The number of phenols is 1. The molecular formula is C21H19NO6. The number of oxazole rings is 1. The lowest BCUT2D eigenvalue weighted by atomic mass is 9.65. The first-order valence-electron chi connectivity index (χ1n) is 9.09. The predicted octanol–water partition coefficient (Wildman–Crippen LogP) is 0.878. The summed E-state index contributed by atoms with van der Waals surface area (Å²) in [4.78, 5) is 30.9. The Kier molecular flexibility index (Phi) is 2.90. The molecule has 3 aliphatic rings. The lowest BCUT2D eigenvalue weighted by Gasteiger charge is -2.37. The Hall–Kier alpha value is -2.93. The summed E-state index contributed by atoms with van der Waals surface area (Å²) in [6.45, 7) is 8.58. The molecule has 1 aliphatic heterocycles. The van der Waals surface area contributed by atoms with Gasteiger partial charge in [0, 0.05) is 22.8 Å². The minimum absolute atomic E-state index is 0.0322. The van der Waals surface area contributed by atoms with Gasteiger partial charge < -0.3 is 19.4 Å². The second kappa shape index (κ2) is 4.72. The molecule has 0 bridgehead atoms. The molecule has 2 heterocycles. The van der Waals surface area contributed by atoms with Crippen LogP contribution in [0.3, 0.4) is 0 Å². The molecule has 1 aromatic heterocycles. The van der Waals surface area contributed by atoms with Crippen molar-refractivity contribution in [1.82, 2.24) is 4.98 Å². The van der Waals surface area contributed by atoms with Gasteiger partial charge in [-0.25, -0.2) is 4.98 Å². The third kappa shape index (κ3) is 1.59. The number of aromatic nitrogens is 1. The number of benzene rings is 1. The third-order valence-electron chi connectivity index (χ3n) is 6.51. The molecule has 28 heavy (non-hydrogen) atoms. The van der Waals surface area contributed by atoms with Gasteiger partial charge in [0.05, 0.1) is 11.1 Å². The van der Waals surface area contributed by atoms with Gasteiger partial charge in [-0.15, -0.1) is 0 Å². The summed E-state index contributed by atoms with van der Waals surface area (Å²) in [6.07, 6.45) is -0.465. The number of aromatic hydroxyl groups is 1. The quantitative estimate of drug-likeness (QED) is 0.697. The van der Waals surface area contributed by atoms with Crippen molar-refractivity contribution in [3.8, 4) is 17.1 Å². The van der Waals surface area contributed by atoms with Crippen LogP contribution in [0.1, 0.15) is 42.7 Å². The van der Waals surface area contributed by atoms with E-state index < -0.39 is 28.7 Å². The van der Waals surface area contributed by atoms with Crippen LogP contribution in [0.25, 0.3) is 22.7 Å². The molecule has 2 N–H and O–H groups in total. The molecule has 7 nitrogen and oxygen atoms in total. The molecule has 0 spiro atoms. The minimum atomic E-state index is -1.99. The highest BCUT2D eigenvalue weighted by molar-refractivity contribution is 6.50. The number of hydrogen-bond acceptors (Lipinski definition) is 7. The number of hydrogen-bond donors (Lipinski definition) is 2. The van der Waals surface area contributed by atoms with Crippen LogP contribution in [-0.4, -0.2) is 38.5 Å². The Bertz CT molecular complexity index is 1260. The van der Waals surface area contributed by atoms with Gasteiger partial charge in [0.15, 0.2) is 22.9 Å². The largest absolute Gasteiger partial charge is 0.507 e. The van der Waals surface area contributed by atoms with Crippen LogP contribution in [0.15, 0.2) is 10.5 Å². The number of aliphatic hydroxyl groups is 1. The van der Waals surface area contributed by atoms with E-state index >= 15 is 0 Å². The van der Waals surface area contributed by atoms with Crippen LogP contribution in [0.2, 0.25) is 0 Å². The van der Waals surface area contributed by atoms with Crippen molar-refractivity contribution < 1.29 is 29.0 Å². The number of nitrogens with zero attached hydrogens (tertiary/aromatic N) is 1. The van der Waals surface area contributed by atoms with Crippen LogP contribution >= 0.6 is 0 Å². The number of phenolic OH excluding ortho intramolecular Hbond substituents is 1. The van der Waals surface area contributed by atoms with Crippen molar-refractivity contribution >= 4 is 22.9 Å². The Morgan fingerprint density at radius 2 is 1.86 bits per heavy atom. The van der Waals surface area contributed by atoms with Crippen LogP contribution in [-0.2, 0) is 9.53 Å². The molecule has 0 unspecified atom stereocenters. The van der Waals surface area contributed by atoms with Crippen LogP contribution in [0.4, 0.5) is 0 Å². The van der Waals surface area contributed by atoms with E-state index in [1.165, 1.54) is 6.07 Å². The Morgan fingerprint density at radius 1 is 1.18 bits per heavy atom. The van der Waals surface area contributed by atoms with E-state index in [-0.39, 0.29) is 45.2 Å². The molecule has 144 valence electrons. The zero-order valence-corrected chi connectivity index (χ0v) is 16.1. The molecule has 1 saturated heterocycles. The van der Waals surface area contributed by atoms with Crippen LogP contribution in [0, 0.1) is 19.3 Å². The van der Waals surface area contributed by atoms with Crippen molar-refractivity contribution in [2.24, 2.45) is 5.41 Å². The molecule has 1 aromatic carbocycles. The highest BCUT2D eigenvalue weighted by Gasteiger charge is 2.65. The molecule has 0 saturated carbocycles. The number of carbonyl (C=O) groups is 2. The maximum Gasteiger partial charge on any atom is 0.219 e. The Balaban J connectivity index is 2.09. The van der Waals surface area contributed by atoms with E-state index in [1.54, 1.807) is 34.6 Å². The van der Waals surface area contributed by atoms with Crippen molar-refractivity contribution in [3.05, 3.63) is 33.7 Å². The topological polar surface area (TPSA) is 110 Å². The third-order valence-corrected chi connectivity index (χ3v) is 6.51. The summed E-state index contributed by atoms with van der Waals surface area (Å²) in [7, 11) is 0. The molecular weight excluding hydrogens is 362 g/mol. The monoisotopic (exact) mass is 381 g/mol. The first-order chi connectivity index (χ1) is 13.0. The summed E-state index contributed by atoms with van der Waals surface area (Å²) in [5, 5.41) is 23.0. The minimum Gasteiger partial charge on any atom is -0.507 e. The van der Waals surface area contributed by atoms with E-state index in [2.05, 4.69) is 4.98 Å². The molecule has 2 aromatic rings. The first-order valence-corrected chi connectivity index (χ1v) is 9.09. The SMILES string of the molecule is Cc1nc2c(o1)-c1c(O)cc(C)c3c1=C(C2=O)C(=O)[C@@]1(O)C=3O[C@@H](C)C1(C)C. The fourth-order valence-electron chi connectivity index (χ4n) is 4.58. The number of carbonyl (C=O) groups excluding carboxylic acids is 2. The summed E-state index contributed by atoms with van der Waals surface area (Å²) < 4.78 is 11.6.